The highest BCUT2D eigenvalue weighted by atomic mass is 32.1. The van der Waals surface area contributed by atoms with Gasteiger partial charge in [-0.25, -0.2) is 0 Å². The second-order valence-corrected chi connectivity index (χ2v) is 7.00. The van der Waals surface area contributed by atoms with Crippen LogP contribution in [0.1, 0.15) is 10.4 Å². The average molecular weight is 379 g/mol. The Balaban J connectivity index is 1.30. The molecule has 3 aromatic rings. The van der Waals surface area contributed by atoms with Crippen molar-refractivity contribution in [3.05, 3.63) is 65.0 Å². The zero-order chi connectivity index (χ0) is 18.6. The molecule has 27 heavy (non-hydrogen) atoms. The highest BCUT2D eigenvalue weighted by Crippen LogP contribution is 2.23. The standard InChI is InChI=1S/C19H17N5O2S/c25-18(22-16-7-9-27-12-16)13-3-5-15(6-4-13)21-19(26)14-10-24(11-14)17-2-1-8-20-23-17/h1-9,12,14H,10-11H2,(H,21,26)(H,22,25). The predicted octanol–water partition coefficient (Wildman–Crippen LogP) is 2.87. The van der Waals surface area contributed by atoms with Crippen molar-refractivity contribution < 1.29 is 9.59 Å². The van der Waals surface area contributed by atoms with Gasteiger partial charge >= 0.3 is 0 Å². The van der Waals surface area contributed by atoms with E-state index in [2.05, 4.69) is 20.8 Å². The second kappa shape index (κ2) is 7.55. The summed E-state index contributed by atoms with van der Waals surface area (Å²) in [4.78, 5) is 26.5. The fourth-order valence-electron chi connectivity index (χ4n) is 2.78. The van der Waals surface area contributed by atoms with Gasteiger partial charge < -0.3 is 15.5 Å². The van der Waals surface area contributed by atoms with Crippen LogP contribution >= 0.6 is 11.3 Å². The molecule has 0 aliphatic carbocycles. The van der Waals surface area contributed by atoms with Crippen LogP contribution in [0.25, 0.3) is 0 Å². The van der Waals surface area contributed by atoms with Crippen LogP contribution in [-0.4, -0.2) is 35.1 Å². The number of aromatic nitrogens is 2. The van der Waals surface area contributed by atoms with E-state index in [1.807, 2.05) is 33.9 Å². The third-order valence-electron chi connectivity index (χ3n) is 4.33. The second-order valence-electron chi connectivity index (χ2n) is 6.22. The van der Waals surface area contributed by atoms with E-state index in [1.165, 1.54) is 11.3 Å². The fraction of sp³-hybridized carbons (Fsp3) is 0.158. The Kier molecular flexibility index (Phi) is 4.80. The first-order valence-electron chi connectivity index (χ1n) is 8.46. The van der Waals surface area contributed by atoms with Gasteiger partial charge in [0.15, 0.2) is 5.82 Å². The number of carbonyl (C=O) groups is 2. The summed E-state index contributed by atoms with van der Waals surface area (Å²) in [6.07, 6.45) is 1.62. The fourth-order valence-corrected chi connectivity index (χ4v) is 3.37. The first kappa shape index (κ1) is 17.2. The van der Waals surface area contributed by atoms with Crippen LogP contribution in [0, 0.1) is 5.92 Å². The largest absolute Gasteiger partial charge is 0.353 e. The van der Waals surface area contributed by atoms with Crippen LogP contribution < -0.4 is 15.5 Å². The minimum Gasteiger partial charge on any atom is -0.353 e. The van der Waals surface area contributed by atoms with Crippen molar-refractivity contribution in [2.24, 2.45) is 5.92 Å². The summed E-state index contributed by atoms with van der Waals surface area (Å²) >= 11 is 1.52. The normalized spacial score (nSPS) is 13.7. The first-order chi connectivity index (χ1) is 13.2. The lowest BCUT2D eigenvalue weighted by Gasteiger charge is -2.38. The molecular weight excluding hydrogens is 362 g/mol. The quantitative estimate of drug-likeness (QED) is 0.712. The molecule has 1 aromatic carbocycles. The number of nitrogens with zero attached hydrogens (tertiary/aromatic N) is 3. The van der Waals surface area contributed by atoms with Crippen molar-refractivity contribution in [3.63, 3.8) is 0 Å². The molecule has 2 amide bonds. The van der Waals surface area contributed by atoms with Crippen molar-refractivity contribution in [1.82, 2.24) is 10.2 Å². The summed E-state index contributed by atoms with van der Waals surface area (Å²) in [5.74, 6) is 0.478. The van der Waals surface area contributed by atoms with E-state index in [0.717, 1.165) is 11.5 Å². The molecule has 0 saturated carbocycles. The minimum atomic E-state index is -0.176. The molecule has 0 unspecified atom stereocenters. The van der Waals surface area contributed by atoms with Gasteiger partial charge in [-0.2, -0.15) is 16.4 Å². The van der Waals surface area contributed by atoms with E-state index in [1.54, 1.807) is 30.5 Å². The van der Waals surface area contributed by atoms with Crippen molar-refractivity contribution in [2.45, 2.75) is 0 Å². The topological polar surface area (TPSA) is 87.2 Å². The van der Waals surface area contributed by atoms with Gasteiger partial charge in [0.25, 0.3) is 5.91 Å². The van der Waals surface area contributed by atoms with Crippen LogP contribution in [0.3, 0.4) is 0 Å². The van der Waals surface area contributed by atoms with Gasteiger partial charge in [0.1, 0.15) is 0 Å². The Morgan fingerprint density at radius 1 is 1.04 bits per heavy atom. The molecule has 136 valence electrons. The van der Waals surface area contributed by atoms with Gasteiger partial charge in [-0.1, -0.05) is 0 Å². The number of anilines is 3. The minimum absolute atomic E-state index is 0.0365. The molecule has 1 aliphatic heterocycles. The Hall–Kier alpha value is -3.26. The van der Waals surface area contributed by atoms with E-state index >= 15 is 0 Å². The number of hydrogen-bond donors (Lipinski definition) is 2. The number of carbonyl (C=O) groups excluding carboxylic acids is 2. The zero-order valence-corrected chi connectivity index (χ0v) is 15.1. The Morgan fingerprint density at radius 3 is 2.52 bits per heavy atom. The van der Waals surface area contributed by atoms with Gasteiger partial charge in [-0.15, -0.1) is 5.10 Å². The number of nitrogens with one attached hydrogen (secondary N) is 2. The number of rotatable bonds is 5. The molecule has 0 atom stereocenters. The highest BCUT2D eigenvalue weighted by molar-refractivity contribution is 7.08. The number of amides is 2. The van der Waals surface area contributed by atoms with Crippen molar-refractivity contribution in [1.29, 1.82) is 0 Å². The molecule has 0 radical (unpaired) electrons. The predicted molar refractivity (Wildman–Crippen MR) is 105 cm³/mol. The summed E-state index contributed by atoms with van der Waals surface area (Å²) < 4.78 is 0. The maximum Gasteiger partial charge on any atom is 0.255 e. The van der Waals surface area contributed by atoms with Gasteiger partial charge in [0.05, 0.1) is 11.6 Å². The molecule has 0 bridgehead atoms. The molecule has 8 heteroatoms. The van der Waals surface area contributed by atoms with E-state index in [4.69, 9.17) is 0 Å². The van der Waals surface area contributed by atoms with Crippen LogP contribution in [0.4, 0.5) is 17.2 Å². The molecule has 0 spiro atoms. The monoisotopic (exact) mass is 379 g/mol. The lowest BCUT2D eigenvalue weighted by Crippen LogP contribution is -2.52. The molecule has 1 fully saturated rings. The van der Waals surface area contributed by atoms with E-state index in [9.17, 15) is 9.59 Å². The number of hydrogen-bond acceptors (Lipinski definition) is 6. The zero-order valence-electron chi connectivity index (χ0n) is 14.3. The maximum absolute atomic E-state index is 12.4. The smallest absolute Gasteiger partial charge is 0.255 e. The van der Waals surface area contributed by atoms with E-state index in [0.29, 0.717) is 24.3 Å². The molecule has 7 nitrogen and oxygen atoms in total. The van der Waals surface area contributed by atoms with Crippen molar-refractivity contribution in [2.75, 3.05) is 28.6 Å². The van der Waals surface area contributed by atoms with Crippen molar-refractivity contribution in [3.8, 4) is 0 Å². The molecule has 1 saturated heterocycles. The number of benzene rings is 1. The molecule has 1 aliphatic rings. The molecule has 3 heterocycles. The van der Waals surface area contributed by atoms with Gasteiger partial charge in [0, 0.05) is 35.9 Å². The Labute approximate surface area is 160 Å². The summed E-state index contributed by atoms with van der Waals surface area (Å²) in [6, 6.07) is 12.4. The average Bonchev–Trinajstić information content (AvgIpc) is 3.15. The van der Waals surface area contributed by atoms with Crippen molar-refractivity contribution >= 4 is 40.3 Å². The Morgan fingerprint density at radius 2 is 1.85 bits per heavy atom. The third-order valence-corrected chi connectivity index (χ3v) is 5.01. The van der Waals surface area contributed by atoms with Gasteiger partial charge in [0.2, 0.25) is 5.91 Å². The summed E-state index contributed by atoms with van der Waals surface area (Å²) in [5.41, 5.74) is 1.99. The lowest BCUT2D eigenvalue weighted by atomic mass is 9.99. The number of thiophene rings is 1. The van der Waals surface area contributed by atoms with E-state index < -0.39 is 0 Å². The van der Waals surface area contributed by atoms with E-state index in [-0.39, 0.29) is 17.7 Å². The summed E-state index contributed by atoms with van der Waals surface area (Å²) in [5, 5.41) is 17.4. The SMILES string of the molecule is O=C(Nc1ccsc1)c1ccc(NC(=O)C2CN(c3cccnn3)C2)cc1. The summed E-state index contributed by atoms with van der Waals surface area (Å²) in [7, 11) is 0. The lowest BCUT2D eigenvalue weighted by molar-refractivity contribution is -0.120. The van der Waals surface area contributed by atoms with Crippen LogP contribution in [-0.2, 0) is 4.79 Å². The Bertz CT molecular complexity index is 923. The molecule has 2 aromatic heterocycles. The van der Waals surface area contributed by atoms with Crippen LogP contribution in [0.5, 0.6) is 0 Å². The molecule has 2 N–H and O–H groups in total. The third kappa shape index (κ3) is 3.95. The molecule has 4 rings (SSSR count). The van der Waals surface area contributed by atoms with Crippen LogP contribution in [0.15, 0.2) is 59.4 Å². The van der Waals surface area contributed by atoms with Crippen LogP contribution in [0.2, 0.25) is 0 Å². The van der Waals surface area contributed by atoms with Gasteiger partial charge in [-0.3, -0.25) is 9.59 Å². The van der Waals surface area contributed by atoms with Gasteiger partial charge in [-0.05, 0) is 47.8 Å². The summed E-state index contributed by atoms with van der Waals surface area (Å²) in [6.45, 7) is 1.23. The highest BCUT2D eigenvalue weighted by Gasteiger charge is 2.33. The first-order valence-corrected chi connectivity index (χ1v) is 9.40. The molecular formula is C19H17N5O2S. The maximum atomic E-state index is 12.4.